The Balaban J connectivity index is 0.00000261. The molecule has 3 fully saturated rings. The second-order valence-electron chi connectivity index (χ2n) is 7.27. The summed E-state index contributed by atoms with van der Waals surface area (Å²) in [5.74, 6) is 1.56. The van der Waals surface area contributed by atoms with E-state index in [9.17, 15) is 8.42 Å². The van der Waals surface area contributed by atoms with Crippen LogP contribution in [0.2, 0.25) is 0 Å². The number of ether oxygens (including phenoxy) is 1. The molecule has 1 atom stereocenters. The maximum Gasteiger partial charge on any atom is 0.194 e. The van der Waals surface area contributed by atoms with Gasteiger partial charge in [-0.3, -0.25) is 14.8 Å². The summed E-state index contributed by atoms with van der Waals surface area (Å²) >= 11 is 0. The van der Waals surface area contributed by atoms with Gasteiger partial charge in [-0.2, -0.15) is 0 Å². The Labute approximate surface area is 180 Å². The quantitative estimate of drug-likeness (QED) is 0.306. The Morgan fingerprint density at radius 2 is 1.85 bits per heavy atom. The minimum Gasteiger partial charge on any atom is -0.379 e. The maximum absolute atomic E-state index is 11.5. The number of morpholine rings is 1. The fourth-order valence-corrected chi connectivity index (χ4v) is 5.15. The zero-order valence-electron chi connectivity index (χ0n) is 16.3. The summed E-state index contributed by atoms with van der Waals surface area (Å²) in [7, 11) is -2.81. The van der Waals surface area contributed by atoms with E-state index < -0.39 is 9.84 Å². The molecule has 3 rings (SSSR count). The summed E-state index contributed by atoms with van der Waals surface area (Å²) in [6.07, 6.45) is 1.17. The smallest absolute Gasteiger partial charge is 0.194 e. The first-order valence-electron chi connectivity index (χ1n) is 9.85. The van der Waals surface area contributed by atoms with Crippen molar-refractivity contribution in [1.82, 2.24) is 20.0 Å². The normalized spacial score (nSPS) is 27.4. The van der Waals surface area contributed by atoms with Crippen molar-refractivity contribution >= 4 is 39.8 Å². The topological polar surface area (TPSA) is 77.5 Å². The van der Waals surface area contributed by atoms with E-state index in [0.717, 1.165) is 58.4 Å². The molecule has 158 valence electrons. The summed E-state index contributed by atoms with van der Waals surface area (Å²) in [6.45, 7) is 11.6. The molecule has 0 amide bonds. The van der Waals surface area contributed by atoms with Gasteiger partial charge in [-0.05, 0) is 13.3 Å². The summed E-state index contributed by atoms with van der Waals surface area (Å²) in [5, 5.41) is 3.42. The number of guanidine groups is 1. The zero-order valence-corrected chi connectivity index (χ0v) is 19.5. The summed E-state index contributed by atoms with van der Waals surface area (Å²) < 4.78 is 28.5. The van der Waals surface area contributed by atoms with Crippen LogP contribution in [0.1, 0.15) is 13.3 Å². The van der Waals surface area contributed by atoms with E-state index in [4.69, 9.17) is 9.73 Å². The standard InChI is InChI=1S/C17H33N5O3S.HI/c1-2-18-17(19-4-6-20-9-13-26(23,24)14-10-20)22-5-3-16(15-22)21-7-11-25-12-8-21;/h16H,2-15H2,1H3,(H,18,19);1H. The predicted octanol–water partition coefficient (Wildman–Crippen LogP) is -0.293. The third kappa shape index (κ3) is 6.98. The molecule has 3 aliphatic heterocycles. The lowest BCUT2D eigenvalue weighted by molar-refractivity contribution is 0.0195. The summed E-state index contributed by atoms with van der Waals surface area (Å²) in [6, 6.07) is 0.593. The van der Waals surface area contributed by atoms with Gasteiger partial charge in [0.05, 0.1) is 31.3 Å². The van der Waals surface area contributed by atoms with Crippen molar-refractivity contribution in [1.29, 1.82) is 0 Å². The van der Waals surface area contributed by atoms with Crippen LogP contribution in [-0.4, -0.2) is 119 Å². The van der Waals surface area contributed by atoms with E-state index in [1.807, 2.05) is 0 Å². The molecule has 10 heteroatoms. The zero-order chi connectivity index (χ0) is 18.4. The van der Waals surface area contributed by atoms with Crippen LogP contribution < -0.4 is 5.32 Å². The van der Waals surface area contributed by atoms with Crippen LogP contribution in [0.25, 0.3) is 0 Å². The third-order valence-corrected chi connectivity index (χ3v) is 7.08. The lowest BCUT2D eigenvalue weighted by atomic mass is 10.2. The third-order valence-electron chi connectivity index (χ3n) is 5.47. The SMILES string of the molecule is CCNC(=NCCN1CCS(=O)(=O)CC1)N1CCC(N2CCOCC2)C1.I. The molecule has 0 saturated carbocycles. The summed E-state index contributed by atoms with van der Waals surface area (Å²) in [5.41, 5.74) is 0. The number of hydrogen-bond donors (Lipinski definition) is 1. The van der Waals surface area contributed by atoms with Crippen molar-refractivity contribution in [2.75, 3.05) is 83.6 Å². The lowest BCUT2D eigenvalue weighted by Crippen LogP contribution is -2.47. The first kappa shape index (κ1) is 23.1. The van der Waals surface area contributed by atoms with Gasteiger partial charge in [0.2, 0.25) is 0 Å². The second kappa shape index (κ2) is 11.1. The Bertz CT molecular complexity index is 569. The van der Waals surface area contributed by atoms with Crippen molar-refractivity contribution in [2.24, 2.45) is 4.99 Å². The highest BCUT2D eigenvalue weighted by Crippen LogP contribution is 2.17. The van der Waals surface area contributed by atoms with E-state index in [2.05, 4.69) is 26.9 Å². The Morgan fingerprint density at radius 3 is 2.52 bits per heavy atom. The van der Waals surface area contributed by atoms with Crippen LogP contribution in [0.5, 0.6) is 0 Å². The van der Waals surface area contributed by atoms with Crippen LogP contribution in [0, 0.1) is 0 Å². The Hall–Kier alpha value is -0.170. The van der Waals surface area contributed by atoms with E-state index in [1.165, 1.54) is 6.42 Å². The van der Waals surface area contributed by atoms with Gasteiger partial charge in [0.1, 0.15) is 0 Å². The van der Waals surface area contributed by atoms with Crippen molar-refractivity contribution in [3.8, 4) is 0 Å². The number of aliphatic imine (C=N–C) groups is 1. The molecule has 0 aliphatic carbocycles. The van der Waals surface area contributed by atoms with Gasteiger partial charge in [-0.1, -0.05) is 0 Å². The van der Waals surface area contributed by atoms with Gasteiger partial charge in [-0.15, -0.1) is 24.0 Å². The number of halogens is 1. The van der Waals surface area contributed by atoms with Gasteiger partial charge >= 0.3 is 0 Å². The van der Waals surface area contributed by atoms with Gasteiger partial charge in [0.25, 0.3) is 0 Å². The largest absolute Gasteiger partial charge is 0.379 e. The fourth-order valence-electron chi connectivity index (χ4n) is 3.87. The van der Waals surface area contributed by atoms with Gasteiger partial charge in [-0.25, -0.2) is 8.42 Å². The van der Waals surface area contributed by atoms with Gasteiger partial charge in [0, 0.05) is 58.4 Å². The Morgan fingerprint density at radius 1 is 1.15 bits per heavy atom. The van der Waals surface area contributed by atoms with Crippen molar-refractivity contribution in [3.05, 3.63) is 0 Å². The molecule has 3 aliphatic rings. The van der Waals surface area contributed by atoms with Crippen molar-refractivity contribution < 1.29 is 13.2 Å². The van der Waals surface area contributed by atoms with Gasteiger partial charge in [0.15, 0.2) is 15.8 Å². The predicted molar refractivity (Wildman–Crippen MR) is 119 cm³/mol. The number of nitrogens with zero attached hydrogens (tertiary/aromatic N) is 4. The molecule has 0 spiro atoms. The molecule has 0 bridgehead atoms. The van der Waals surface area contributed by atoms with Crippen LogP contribution in [-0.2, 0) is 14.6 Å². The molecule has 0 aromatic rings. The number of rotatable bonds is 5. The highest BCUT2D eigenvalue weighted by atomic mass is 127. The molecule has 27 heavy (non-hydrogen) atoms. The summed E-state index contributed by atoms with van der Waals surface area (Å²) in [4.78, 5) is 11.9. The van der Waals surface area contributed by atoms with E-state index in [0.29, 0.717) is 25.7 Å². The second-order valence-corrected chi connectivity index (χ2v) is 9.57. The maximum atomic E-state index is 11.5. The van der Waals surface area contributed by atoms with Crippen molar-refractivity contribution in [3.63, 3.8) is 0 Å². The molecule has 0 radical (unpaired) electrons. The minimum atomic E-state index is -2.81. The first-order valence-corrected chi connectivity index (χ1v) is 11.7. The van der Waals surface area contributed by atoms with Crippen LogP contribution in [0.15, 0.2) is 4.99 Å². The van der Waals surface area contributed by atoms with Crippen molar-refractivity contribution in [2.45, 2.75) is 19.4 Å². The van der Waals surface area contributed by atoms with Crippen LogP contribution in [0.3, 0.4) is 0 Å². The first-order chi connectivity index (χ1) is 12.6. The lowest BCUT2D eigenvalue weighted by Gasteiger charge is -2.32. The minimum absolute atomic E-state index is 0. The van der Waals surface area contributed by atoms with E-state index in [-0.39, 0.29) is 35.5 Å². The number of likely N-dealkylation sites (tertiary alicyclic amines) is 1. The van der Waals surface area contributed by atoms with E-state index >= 15 is 0 Å². The highest BCUT2D eigenvalue weighted by molar-refractivity contribution is 14.0. The molecule has 3 saturated heterocycles. The van der Waals surface area contributed by atoms with Crippen LogP contribution >= 0.6 is 24.0 Å². The van der Waals surface area contributed by atoms with Gasteiger partial charge < -0.3 is 15.0 Å². The molecule has 8 nitrogen and oxygen atoms in total. The molecule has 0 aromatic heterocycles. The molecule has 3 heterocycles. The number of nitrogens with one attached hydrogen (secondary N) is 1. The average Bonchev–Trinajstić information content (AvgIpc) is 3.13. The molecule has 1 unspecified atom stereocenters. The monoisotopic (exact) mass is 515 g/mol. The highest BCUT2D eigenvalue weighted by Gasteiger charge is 2.30. The number of hydrogen-bond acceptors (Lipinski definition) is 6. The molecule has 1 N–H and O–H groups in total. The van der Waals surface area contributed by atoms with Crippen LogP contribution in [0.4, 0.5) is 0 Å². The molecular weight excluding hydrogens is 481 g/mol. The fraction of sp³-hybridized carbons (Fsp3) is 0.941. The molecular formula is C17H34IN5O3S. The number of sulfone groups is 1. The Kier molecular flexibility index (Phi) is 9.53. The molecule has 0 aromatic carbocycles. The average molecular weight is 515 g/mol. The van der Waals surface area contributed by atoms with E-state index in [1.54, 1.807) is 0 Å².